The van der Waals surface area contributed by atoms with Crippen molar-refractivity contribution in [3.05, 3.63) is 59.5 Å². The average molecular weight is 445 g/mol. The quantitative estimate of drug-likeness (QED) is 0.467. The molecule has 1 N–H and O–H groups in total. The highest BCUT2D eigenvalue weighted by atomic mass is 19.4. The maximum absolute atomic E-state index is 12.6. The van der Waals surface area contributed by atoms with Crippen LogP contribution in [0.5, 0.6) is 0 Å². The summed E-state index contributed by atoms with van der Waals surface area (Å²) < 4.78 is 40.7. The highest BCUT2D eigenvalue weighted by Gasteiger charge is 2.33. The van der Waals surface area contributed by atoms with E-state index in [9.17, 15) is 18.0 Å². The number of halogens is 3. The molecule has 1 aromatic carbocycles. The summed E-state index contributed by atoms with van der Waals surface area (Å²) in [7, 11) is 0. The van der Waals surface area contributed by atoms with Crippen LogP contribution in [0.2, 0.25) is 0 Å². The molecule has 0 saturated carbocycles. The lowest BCUT2D eigenvalue weighted by atomic mass is 10.2. The summed E-state index contributed by atoms with van der Waals surface area (Å²) in [4.78, 5) is 14.4. The maximum Gasteiger partial charge on any atom is 0.435 e. The number of amides is 1. The van der Waals surface area contributed by atoms with Gasteiger partial charge < -0.3 is 4.90 Å². The maximum atomic E-state index is 12.6. The van der Waals surface area contributed by atoms with E-state index in [0.29, 0.717) is 0 Å². The van der Waals surface area contributed by atoms with Crippen LogP contribution in [0.4, 0.5) is 19.0 Å². The third-order valence-corrected chi connectivity index (χ3v) is 5.11. The second-order valence-electron chi connectivity index (χ2n) is 7.45. The number of alkyl halides is 3. The molecule has 1 aliphatic heterocycles. The molecule has 0 unspecified atom stereocenters. The van der Waals surface area contributed by atoms with E-state index in [0.717, 1.165) is 65.6 Å². The van der Waals surface area contributed by atoms with Crippen LogP contribution in [0.15, 0.2) is 47.7 Å². The van der Waals surface area contributed by atoms with E-state index in [1.165, 1.54) is 6.21 Å². The first kappa shape index (κ1) is 21.6. The second kappa shape index (κ2) is 8.85. The first-order valence-corrected chi connectivity index (χ1v) is 10.2. The van der Waals surface area contributed by atoms with Crippen molar-refractivity contribution in [2.24, 2.45) is 5.10 Å². The molecule has 168 valence electrons. The van der Waals surface area contributed by atoms with Crippen molar-refractivity contribution in [2.75, 3.05) is 18.0 Å². The second-order valence-corrected chi connectivity index (χ2v) is 7.45. The van der Waals surface area contributed by atoms with Gasteiger partial charge in [0, 0.05) is 19.3 Å². The number of aryl methyl sites for hydroxylation is 1. The number of nitrogens with zero attached hydrogens (tertiary/aromatic N) is 6. The van der Waals surface area contributed by atoms with E-state index >= 15 is 0 Å². The van der Waals surface area contributed by atoms with Crippen molar-refractivity contribution in [1.29, 1.82) is 0 Å². The summed E-state index contributed by atoms with van der Waals surface area (Å²) in [5.74, 6) is 0.306. The van der Waals surface area contributed by atoms with Gasteiger partial charge in [-0.05, 0) is 38.0 Å². The number of anilines is 1. The van der Waals surface area contributed by atoms with Gasteiger partial charge >= 0.3 is 6.18 Å². The van der Waals surface area contributed by atoms with Crippen molar-refractivity contribution in [3.63, 3.8) is 0 Å². The standard InChI is InChI=1S/C21H22F3N7O/c1-15-17(13-25-26-19(32)14-30-12-9-18(28-30)21(22,23)24)20(29-10-5-6-11-29)31(27-15)16-7-3-2-4-8-16/h2-4,7-9,12-13H,5-6,10-11,14H2,1H3,(H,26,32)/b25-13+. The number of rotatable bonds is 6. The Kier molecular flexibility index (Phi) is 5.97. The molecule has 32 heavy (non-hydrogen) atoms. The number of para-hydroxylation sites is 1. The molecule has 2 aromatic heterocycles. The minimum absolute atomic E-state index is 0.380. The largest absolute Gasteiger partial charge is 0.435 e. The third-order valence-electron chi connectivity index (χ3n) is 5.11. The van der Waals surface area contributed by atoms with E-state index in [4.69, 9.17) is 0 Å². The lowest BCUT2D eigenvalue weighted by molar-refractivity contribution is -0.141. The number of carbonyl (C=O) groups is 1. The molecule has 8 nitrogen and oxygen atoms in total. The molecule has 0 radical (unpaired) electrons. The monoisotopic (exact) mass is 445 g/mol. The Morgan fingerprint density at radius 3 is 2.53 bits per heavy atom. The number of carbonyl (C=O) groups excluding carboxylic acids is 1. The summed E-state index contributed by atoms with van der Waals surface area (Å²) in [6, 6.07) is 10.6. The van der Waals surface area contributed by atoms with Crippen LogP contribution in [0, 0.1) is 6.92 Å². The van der Waals surface area contributed by atoms with Crippen LogP contribution < -0.4 is 10.3 Å². The lowest BCUT2D eigenvalue weighted by Gasteiger charge is -2.20. The Labute approximate surface area is 182 Å². The van der Waals surface area contributed by atoms with Gasteiger partial charge in [-0.2, -0.15) is 28.5 Å². The van der Waals surface area contributed by atoms with Gasteiger partial charge in [-0.25, -0.2) is 10.1 Å². The highest BCUT2D eigenvalue weighted by Crippen LogP contribution is 2.29. The average Bonchev–Trinajstić information content (AvgIpc) is 3.49. The van der Waals surface area contributed by atoms with Crippen LogP contribution in [-0.2, 0) is 17.5 Å². The predicted molar refractivity (Wildman–Crippen MR) is 113 cm³/mol. The Hall–Kier alpha value is -3.63. The Morgan fingerprint density at radius 1 is 1.16 bits per heavy atom. The van der Waals surface area contributed by atoms with E-state index in [1.807, 2.05) is 41.9 Å². The molecule has 1 aliphatic rings. The first-order chi connectivity index (χ1) is 15.3. The Balaban J connectivity index is 1.51. The number of hydrogen-bond acceptors (Lipinski definition) is 5. The van der Waals surface area contributed by atoms with Crippen molar-refractivity contribution in [1.82, 2.24) is 25.0 Å². The fourth-order valence-corrected chi connectivity index (χ4v) is 3.61. The van der Waals surface area contributed by atoms with Crippen LogP contribution in [0.3, 0.4) is 0 Å². The van der Waals surface area contributed by atoms with E-state index in [-0.39, 0.29) is 6.54 Å². The summed E-state index contributed by atoms with van der Waals surface area (Å²) in [6.07, 6.45) is 0.234. The summed E-state index contributed by atoms with van der Waals surface area (Å²) in [6.45, 7) is 3.28. The molecule has 1 fully saturated rings. The van der Waals surface area contributed by atoms with Crippen LogP contribution in [0.1, 0.15) is 29.8 Å². The van der Waals surface area contributed by atoms with Crippen molar-refractivity contribution < 1.29 is 18.0 Å². The zero-order chi connectivity index (χ0) is 22.7. The number of hydrazone groups is 1. The SMILES string of the molecule is Cc1nn(-c2ccccc2)c(N2CCCC2)c1/C=N/NC(=O)Cn1ccc(C(F)(F)F)n1. The summed E-state index contributed by atoms with van der Waals surface area (Å²) >= 11 is 0. The normalized spacial score (nSPS) is 14.4. The number of aromatic nitrogens is 4. The van der Waals surface area contributed by atoms with Crippen LogP contribution in [0.25, 0.3) is 5.69 Å². The fourth-order valence-electron chi connectivity index (χ4n) is 3.61. The lowest BCUT2D eigenvalue weighted by Crippen LogP contribution is -2.24. The topological polar surface area (TPSA) is 80.3 Å². The summed E-state index contributed by atoms with van der Waals surface area (Å²) in [5, 5.41) is 12.1. The predicted octanol–water partition coefficient (Wildman–Crippen LogP) is 3.15. The highest BCUT2D eigenvalue weighted by molar-refractivity contribution is 5.90. The molecular formula is C21H22F3N7O. The van der Waals surface area contributed by atoms with Crippen LogP contribution >= 0.6 is 0 Å². The minimum Gasteiger partial charge on any atom is -0.356 e. The van der Waals surface area contributed by atoms with Gasteiger partial charge in [0.2, 0.25) is 0 Å². The van der Waals surface area contributed by atoms with Crippen LogP contribution in [-0.4, -0.2) is 44.8 Å². The zero-order valence-corrected chi connectivity index (χ0v) is 17.4. The molecule has 0 aliphatic carbocycles. The van der Waals surface area contributed by atoms with E-state index in [2.05, 4.69) is 25.6 Å². The molecule has 1 saturated heterocycles. The fraction of sp³-hybridized carbons (Fsp3) is 0.333. The van der Waals surface area contributed by atoms with E-state index < -0.39 is 17.8 Å². The number of benzene rings is 1. The minimum atomic E-state index is -4.55. The first-order valence-electron chi connectivity index (χ1n) is 10.2. The molecule has 4 rings (SSSR count). The van der Waals surface area contributed by atoms with Gasteiger partial charge in [0.05, 0.1) is 23.2 Å². The number of nitrogens with one attached hydrogen (secondary N) is 1. The Bertz CT molecular complexity index is 1110. The van der Waals surface area contributed by atoms with Gasteiger partial charge in [-0.3, -0.25) is 9.48 Å². The van der Waals surface area contributed by atoms with Gasteiger partial charge in [0.25, 0.3) is 5.91 Å². The van der Waals surface area contributed by atoms with Crippen molar-refractivity contribution in [3.8, 4) is 5.69 Å². The molecular weight excluding hydrogens is 423 g/mol. The number of hydrogen-bond donors (Lipinski definition) is 1. The Morgan fingerprint density at radius 2 is 1.88 bits per heavy atom. The third kappa shape index (κ3) is 4.66. The van der Waals surface area contributed by atoms with Gasteiger partial charge in [0.1, 0.15) is 12.4 Å². The smallest absolute Gasteiger partial charge is 0.356 e. The van der Waals surface area contributed by atoms with Crippen molar-refractivity contribution in [2.45, 2.75) is 32.5 Å². The molecule has 3 aromatic rings. The zero-order valence-electron chi connectivity index (χ0n) is 17.4. The van der Waals surface area contributed by atoms with Gasteiger partial charge in [-0.1, -0.05) is 18.2 Å². The molecule has 11 heteroatoms. The molecule has 0 atom stereocenters. The van der Waals surface area contributed by atoms with Crippen molar-refractivity contribution >= 4 is 17.9 Å². The molecule has 1 amide bonds. The molecule has 3 heterocycles. The summed E-state index contributed by atoms with van der Waals surface area (Å²) in [5.41, 5.74) is 3.74. The van der Waals surface area contributed by atoms with E-state index in [1.54, 1.807) is 0 Å². The van der Waals surface area contributed by atoms with Gasteiger partial charge in [-0.15, -0.1) is 0 Å². The molecule has 0 spiro atoms. The van der Waals surface area contributed by atoms with Gasteiger partial charge in [0.15, 0.2) is 5.69 Å². The molecule has 0 bridgehead atoms.